The van der Waals surface area contributed by atoms with Crippen molar-refractivity contribution in [3.63, 3.8) is 0 Å². The van der Waals surface area contributed by atoms with Gasteiger partial charge in [0.15, 0.2) is 0 Å². The Morgan fingerprint density at radius 2 is 2.06 bits per heavy atom. The second kappa shape index (κ2) is 4.96. The van der Waals surface area contributed by atoms with E-state index in [-0.39, 0.29) is 11.9 Å². The van der Waals surface area contributed by atoms with Gasteiger partial charge in [-0.3, -0.25) is 0 Å². The summed E-state index contributed by atoms with van der Waals surface area (Å²) >= 11 is 0. The zero-order valence-corrected chi connectivity index (χ0v) is 9.88. The third-order valence-corrected chi connectivity index (χ3v) is 3.77. The van der Waals surface area contributed by atoms with E-state index in [0.717, 1.165) is 12.0 Å². The van der Waals surface area contributed by atoms with Crippen molar-refractivity contribution in [3.8, 4) is 0 Å². The summed E-state index contributed by atoms with van der Waals surface area (Å²) in [6, 6.07) is 5.24. The van der Waals surface area contributed by atoms with Crippen LogP contribution in [0.15, 0.2) is 18.2 Å². The van der Waals surface area contributed by atoms with Crippen LogP contribution < -0.4 is 5.73 Å². The molecular weight excluding hydrogens is 201 g/mol. The Morgan fingerprint density at radius 1 is 1.38 bits per heavy atom. The fourth-order valence-corrected chi connectivity index (χ4v) is 2.69. The number of hydrogen-bond donors (Lipinski definition) is 1. The Morgan fingerprint density at radius 3 is 2.69 bits per heavy atom. The highest BCUT2D eigenvalue weighted by Crippen LogP contribution is 2.28. The molecule has 1 aliphatic rings. The van der Waals surface area contributed by atoms with Crippen LogP contribution in [0.1, 0.15) is 36.8 Å². The third kappa shape index (κ3) is 2.62. The lowest BCUT2D eigenvalue weighted by molar-refractivity contribution is 0.428. The van der Waals surface area contributed by atoms with E-state index in [1.54, 1.807) is 6.07 Å². The number of rotatable bonds is 3. The molecule has 1 nitrogen and oxygen atoms in total. The maximum atomic E-state index is 13.0. The van der Waals surface area contributed by atoms with Gasteiger partial charge < -0.3 is 5.73 Å². The SMILES string of the molecule is Cc1cc(F)ccc1CC(N)C1CCCC1. The molecule has 0 radical (unpaired) electrons. The van der Waals surface area contributed by atoms with Crippen LogP contribution in [0.3, 0.4) is 0 Å². The van der Waals surface area contributed by atoms with Gasteiger partial charge in [-0.2, -0.15) is 0 Å². The molecule has 0 aliphatic heterocycles. The molecule has 1 aromatic rings. The van der Waals surface area contributed by atoms with Gasteiger partial charge in [-0.25, -0.2) is 4.39 Å². The third-order valence-electron chi connectivity index (χ3n) is 3.77. The summed E-state index contributed by atoms with van der Waals surface area (Å²) in [5.41, 5.74) is 8.44. The highest BCUT2D eigenvalue weighted by molar-refractivity contribution is 5.27. The number of nitrogens with two attached hydrogens (primary N) is 1. The molecule has 0 bridgehead atoms. The van der Waals surface area contributed by atoms with Gasteiger partial charge in [0.1, 0.15) is 5.82 Å². The zero-order valence-electron chi connectivity index (χ0n) is 9.88. The molecule has 1 atom stereocenters. The molecule has 1 unspecified atom stereocenters. The van der Waals surface area contributed by atoms with Gasteiger partial charge in [-0.05, 0) is 55.4 Å². The smallest absolute Gasteiger partial charge is 0.123 e. The molecule has 0 aromatic heterocycles. The fourth-order valence-electron chi connectivity index (χ4n) is 2.69. The van der Waals surface area contributed by atoms with E-state index in [9.17, 15) is 4.39 Å². The summed E-state index contributed by atoms with van der Waals surface area (Å²) in [7, 11) is 0. The average Bonchev–Trinajstić information content (AvgIpc) is 2.75. The molecular formula is C14H20FN. The van der Waals surface area contributed by atoms with Crippen molar-refractivity contribution in [1.29, 1.82) is 0 Å². The summed E-state index contributed by atoms with van der Waals surface area (Å²) < 4.78 is 13.0. The topological polar surface area (TPSA) is 26.0 Å². The zero-order chi connectivity index (χ0) is 11.5. The average molecular weight is 221 g/mol. The summed E-state index contributed by atoms with van der Waals surface area (Å²) in [6.45, 7) is 1.96. The van der Waals surface area contributed by atoms with E-state index < -0.39 is 0 Å². The molecule has 16 heavy (non-hydrogen) atoms. The van der Waals surface area contributed by atoms with Gasteiger partial charge in [0, 0.05) is 6.04 Å². The largest absolute Gasteiger partial charge is 0.327 e. The second-order valence-electron chi connectivity index (χ2n) is 4.98. The van der Waals surface area contributed by atoms with Gasteiger partial charge in [-0.15, -0.1) is 0 Å². The Bertz CT molecular complexity index is 356. The van der Waals surface area contributed by atoms with Gasteiger partial charge in [-0.1, -0.05) is 18.9 Å². The van der Waals surface area contributed by atoms with E-state index in [1.165, 1.54) is 37.3 Å². The molecule has 0 spiro atoms. The number of hydrogen-bond acceptors (Lipinski definition) is 1. The molecule has 2 rings (SSSR count). The van der Waals surface area contributed by atoms with Crippen LogP contribution in [-0.2, 0) is 6.42 Å². The lowest BCUT2D eigenvalue weighted by Crippen LogP contribution is -2.30. The van der Waals surface area contributed by atoms with Crippen molar-refractivity contribution in [2.24, 2.45) is 11.7 Å². The van der Waals surface area contributed by atoms with E-state index >= 15 is 0 Å². The molecule has 0 amide bonds. The summed E-state index contributed by atoms with van der Waals surface area (Å²) in [5.74, 6) is 0.514. The normalized spacial score (nSPS) is 18.9. The van der Waals surface area contributed by atoms with Crippen LogP contribution in [0.2, 0.25) is 0 Å². The lowest BCUT2D eigenvalue weighted by atomic mass is 9.91. The summed E-state index contributed by atoms with van der Waals surface area (Å²) in [4.78, 5) is 0. The Hall–Kier alpha value is -0.890. The maximum Gasteiger partial charge on any atom is 0.123 e. The molecule has 1 fully saturated rings. The van der Waals surface area contributed by atoms with Crippen LogP contribution in [0.25, 0.3) is 0 Å². The Labute approximate surface area is 96.9 Å². The minimum absolute atomic E-state index is 0.157. The van der Waals surface area contributed by atoms with E-state index in [1.807, 2.05) is 13.0 Å². The highest BCUT2D eigenvalue weighted by atomic mass is 19.1. The number of aryl methyl sites for hydroxylation is 1. The molecule has 0 saturated heterocycles. The van der Waals surface area contributed by atoms with Gasteiger partial charge in [0.05, 0.1) is 0 Å². The lowest BCUT2D eigenvalue weighted by Gasteiger charge is -2.19. The minimum atomic E-state index is -0.157. The van der Waals surface area contributed by atoms with Crippen molar-refractivity contribution < 1.29 is 4.39 Å². The van der Waals surface area contributed by atoms with Crippen molar-refractivity contribution in [2.75, 3.05) is 0 Å². The number of halogens is 1. The summed E-state index contributed by atoms with van der Waals surface area (Å²) in [6.07, 6.45) is 6.06. The molecule has 2 N–H and O–H groups in total. The molecule has 1 aromatic carbocycles. The number of benzene rings is 1. The predicted molar refractivity (Wildman–Crippen MR) is 64.8 cm³/mol. The maximum absolute atomic E-state index is 13.0. The van der Waals surface area contributed by atoms with Crippen LogP contribution in [-0.4, -0.2) is 6.04 Å². The van der Waals surface area contributed by atoms with Gasteiger partial charge in [0.2, 0.25) is 0 Å². The minimum Gasteiger partial charge on any atom is -0.327 e. The Kier molecular flexibility index (Phi) is 3.59. The monoisotopic (exact) mass is 221 g/mol. The standard InChI is InChI=1S/C14H20FN/c1-10-8-13(15)7-6-12(10)9-14(16)11-4-2-3-5-11/h6-8,11,14H,2-5,9,16H2,1H3. The first-order valence-electron chi connectivity index (χ1n) is 6.17. The first-order valence-corrected chi connectivity index (χ1v) is 6.17. The quantitative estimate of drug-likeness (QED) is 0.833. The molecule has 2 heteroatoms. The predicted octanol–water partition coefficient (Wildman–Crippen LogP) is 3.19. The molecule has 0 heterocycles. The first-order chi connectivity index (χ1) is 7.66. The first kappa shape index (κ1) is 11.6. The van der Waals surface area contributed by atoms with Crippen molar-refractivity contribution in [2.45, 2.75) is 45.1 Å². The van der Waals surface area contributed by atoms with Gasteiger partial charge >= 0.3 is 0 Å². The van der Waals surface area contributed by atoms with Crippen LogP contribution in [0, 0.1) is 18.7 Å². The molecule has 1 aliphatic carbocycles. The van der Waals surface area contributed by atoms with Crippen LogP contribution in [0.4, 0.5) is 4.39 Å². The van der Waals surface area contributed by atoms with Crippen molar-refractivity contribution in [3.05, 3.63) is 35.1 Å². The van der Waals surface area contributed by atoms with Crippen LogP contribution >= 0.6 is 0 Å². The van der Waals surface area contributed by atoms with Crippen molar-refractivity contribution in [1.82, 2.24) is 0 Å². The van der Waals surface area contributed by atoms with E-state index in [0.29, 0.717) is 5.92 Å². The Balaban J connectivity index is 2.02. The van der Waals surface area contributed by atoms with Crippen molar-refractivity contribution >= 4 is 0 Å². The molecule has 1 saturated carbocycles. The molecule has 88 valence electrons. The van der Waals surface area contributed by atoms with Crippen LogP contribution in [0.5, 0.6) is 0 Å². The van der Waals surface area contributed by atoms with E-state index in [4.69, 9.17) is 5.73 Å². The fraction of sp³-hybridized carbons (Fsp3) is 0.571. The highest BCUT2D eigenvalue weighted by Gasteiger charge is 2.22. The summed E-state index contributed by atoms with van der Waals surface area (Å²) in [5, 5.41) is 0. The second-order valence-corrected chi connectivity index (χ2v) is 4.98. The van der Waals surface area contributed by atoms with Gasteiger partial charge in [0.25, 0.3) is 0 Å². The van der Waals surface area contributed by atoms with E-state index in [2.05, 4.69) is 0 Å².